The summed E-state index contributed by atoms with van der Waals surface area (Å²) in [6.07, 6.45) is 3.97. The number of thioether (sulfide) groups is 1. The molecule has 2 aromatic rings. The van der Waals surface area contributed by atoms with Gasteiger partial charge in [-0.1, -0.05) is 26.0 Å². The fourth-order valence-electron chi connectivity index (χ4n) is 2.61. The van der Waals surface area contributed by atoms with Gasteiger partial charge < -0.3 is 9.64 Å². The molecule has 0 unspecified atom stereocenters. The van der Waals surface area contributed by atoms with E-state index in [1.807, 2.05) is 42.5 Å². The molecule has 0 spiro atoms. The van der Waals surface area contributed by atoms with Crippen molar-refractivity contribution in [3.05, 3.63) is 59.7 Å². The van der Waals surface area contributed by atoms with Crippen molar-refractivity contribution in [3.8, 4) is 11.8 Å². The molecule has 0 saturated heterocycles. The van der Waals surface area contributed by atoms with Crippen LogP contribution in [0.3, 0.4) is 0 Å². The lowest BCUT2D eigenvalue weighted by Gasteiger charge is -2.18. The molecule has 0 N–H and O–H groups in total. The van der Waals surface area contributed by atoms with Crippen molar-refractivity contribution in [2.45, 2.75) is 18.7 Å². The van der Waals surface area contributed by atoms with Crippen LogP contribution in [-0.4, -0.2) is 37.4 Å². The second-order valence-corrected chi connectivity index (χ2v) is 6.72. The molecule has 2 rings (SSSR count). The van der Waals surface area contributed by atoms with Gasteiger partial charge in [0.05, 0.1) is 11.6 Å². The molecule has 136 valence electrons. The van der Waals surface area contributed by atoms with Gasteiger partial charge >= 0.3 is 0 Å². The van der Waals surface area contributed by atoms with E-state index in [1.165, 1.54) is 4.90 Å². The van der Waals surface area contributed by atoms with E-state index in [2.05, 4.69) is 43.2 Å². The average molecular weight is 367 g/mol. The Labute approximate surface area is 161 Å². The smallest absolute Gasteiger partial charge is 0.119 e. The Morgan fingerprint density at radius 1 is 1.08 bits per heavy atom. The molecule has 0 aromatic heterocycles. The van der Waals surface area contributed by atoms with Crippen LogP contribution >= 0.6 is 11.8 Å². The lowest BCUT2D eigenvalue weighted by atomic mass is 10.0. The van der Waals surface area contributed by atoms with Crippen LogP contribution in [0.5, 0.6) is 5.75 Å². The van der Waals surface area contributed by atoms with Gasteiger partial charge in [-0.2, -0.15) is 5.26 Å². The third-order valence-corrected chi connectivity index (χ3v) is 5.03. The Morgan fingerprint density at radius 3 is 2.27 bits per heavy atom. The van der Waals surface area contributed by atoms with Gasteiger partial charge in [0.15, 0.2) is 0 Å². The standard InChI is InChI=1S/C22H26N2OS/c1-4-24(5-2)14-15-25-21-10-8-19(9-11-21)20(17-23)16-18-6-12-22(26-3)13-7-18/h6-13,16H,4-5,14-15H2,1-3H3/b20-16+. The number of ether oxygens (including phenoxy) is 1. The van der Waals surface area contributed by atoms with Crippen molar-refractivity contribution < 1.29 is 4.74 Å². The summed E-state index contributed by atoms with van der Waals surface area (Å²) >= 11 is 1.71. The maximum atomic E-state index is 9.51. The third kappa shape index (κ3) is 5.94. The summed E-state index contributed by atoms with van der Waals surface area (Å²) in [5.74, 6) is 0.836. The number of likely N-dealkylation sites (N-methyl/N-ethyl adjacent to an activating group) is 1. The van der Waals surface area contributed by atoms with Crippen molar-refractivity contribution in [2.24, 2.45) is 0 Å². The Hall–Kier alpha value is -2.22. The van der Waals surface area contributed by atoms with E-state index in [9.17, 15) is 5.26 Å². The molecule has 0 saturated carbocycles. The second kappa shape index (κ2) is 10.7. The number of allylic oxidation sites excluding steroid dienone is 1. The highest BCUT2D eigenvalue weighted by molar-refractivity contribution is 7.98. The monoisotopic (exact) mass is 366 g/mol. The maximum absolute atomic E-state index is 9.51. The molecule has 4 heteroatoms. The van der Waals surface area contributed by atoms with Crippen molar-refractivity contribution in [1.82, 2.24) is 4.90 Å². The van der Waals surface area contributed by atoms with E-state index in [0.717, 1.165) is 36.5 Å². The van der Waals surface area contributed by atoms with E-state index in [1.54, 1.807) is 11.8 Å². The first-order valence-electron chi connectivity index (χ1n) is 8.91. The van der Waals surface area contributed by atoms with E-state index in [-0.39, 0.29) is 0 Å². The normalized spacial score (nSPS) is 11.4. The van der Waals surface area contributed by atoms with Crippen LogP contribution < -0.4 is 4.74 Å². The maximum Gasteiger partial charge on any atom is 0.119 e. The number of nitriles is 1. The van der Waals surface area contributed by atoms with Gasteiger partial charge in [0.2, 0.25) is 0 Å². The first kappa shape index (κ1) is 20.1. The van der Waals surface area contributed by atoms with Crippen LogP contribution in [0.25, 0.3) is 11.6 Å². The number of hydrogen-bond acceptors (Lipinski definition) is 4. The summed E-state index contributed by atoms with van der Waals surface area (Å²) in [5.41, 5.74) is 2.58. The zero-order valence-corrected chi connectivity index (χ0v) is 16.6. The zero-order chi connectivity index (χ0) is 18.8. The average Bonchev–Trinajstić information content (AvgIpc) is 2.70. The topological polar surface area (TPSA) is 36.3 Å². The molecule has 2 aromatic carbocycles. The van der Waals surface area contributed by atoms with Gasteiger partial charge in [-0.15, -0.1) is 11.8 Å². The van der Waals surface area contributed by atoms with Crippen molar-refractivity contribution in [2.75, 3.05) is 32.5 Å². The highest BCUT2D eigenvalue weighted by Gasteiger charge is 2.03. The fraction of sp³-hybridized carbons (Fsp3) is 0.318. The second-order valence-electron chi connectivity index (χ2n) is 5.84. The summed E-state index contributed by atoms with van der Waals surface area (Å²) in [5, 5.41) is 9.51. The fourth-order valence-corrected chi connectivity index (χ4v) is 3.02. The molecule has 0 atom stereocenters. The Morgan fingerprint density at radius 2 is 1.73 bits per heavy atom. The van der Waals surface area contributed by atoms with Crippen LogP contribution in [0.4, 0.5) is 0 Å². The molecule has 0 aliphatic heterocycles. The Kier molecular flexibility index (Phi) is 8.27. The Bertz CT molecular complexity index is 741. The molecule has 0 amide bonds. The third-order valence-electron chi connectivity index (χ3n) is 4.28. The summed E-state index contributed by atoms with van der Waals surface area (Å²) in [7, 11) is 0. The number of hydrogen-bond donors (Lipinski definition) is 0. The molecule has 0 aliphatic rings. The van der Waals surface area contributed by atoms with E-state index < -0.39 is 0 Å². The molecule has 0 aliphatic carbocycles. The molecule has 26 heavy (non-hydrogen) atoms. The van der Waals surface area contributed by atoms with Gasteiger partial charge in [-0.3, -0.25) is 0 Å². The summed E-state index contributed by atoms with van der Waals surface area (Å²) in [4.78, 5) is 3.54. The number of nitrogens with zero attached hydrogens (tertiary/aromatic N) is 2. The van der Waals surface area contributed by atoms with Gasteiger partial charge in [0.1, 0.15) is 12.4 Å². The first-order chi connectivity index (χ1) is 12.7. The first-order valence-corrected chi connectivity index (χ1v) is 10.1. The highest BCUT2D eigenvalue weighted by atomic mass is 32.2. The minimum atomic E-state index is 0.650. The quantitative estimate of drug-likeness (QED) is 0.347. The predicted octanol–water partition coefficient (Wildman–Crippen LogP) is 5.19. The lowest BCUT2D eigenvalue weighted by molar-refractivity contribution is 0.223. The largest absolute Gasteiger partial charge is 0.492 e. The lowest BCUT2D eigenvalue weighted by Crippen LogP contribution is -2.27. The number of benzene rings is 2. The van der Waals surface area contributed by atoms with Gasteiger partial charge in [-0.25, -0.2) is 0 Å². The molecule has 0 fully saturated rings. The van der Waals surface area contributed by atoms with Crippen molar-refractivity contribution in [1.29, 1.82) is 5.26 Å². The van der Waals surface area contributed by atoms with Crippen LogP contribution in [0.1, 0.15) is 25.0 Å². The molecular weight excluding hydrogens is 340 g/mol. The van der Waals surface area contributed by atoms with Crippen LogP contribution in [0.2, 0.25) is 0 Å². The van der Waals surface area contributed by atoms with E-state index in [0.29, 0.717) is 12.2 Å². The summed E-state index contributed by atoms with van der Waals surface area (Å²) in [6.45, 7) is 7.97. The molecule has 0 radical (unpaired) electrons. The molecular formula is C22H26N2OS. The predicted molar refractivity (Wildman–Crippen MR) is 111 cm³/mol. The molecule has 3 nitrogen and oxygen atoms in total. The van der Waals surface area contributed by atoms with Gasteiger partial charge in [-0.05, 0) is 72.9 Å². The van der Waals surface area contributed by atoms with Crippen LogP contribution in [-0.2, 0) is 0 Å². The SMILES string of the molecule is CCN(CC)CCOc1ccc(/C(C#N)=C/c2ccc(SC)cc2)cc1. The number of rotatable bonds is 9. The van der Waals surface area contributed by atoms with Crippen LogP contribution in [0, 0.1) is 11.3 Å². The zero-order valence-electron chi connectivity index (χ0n) is 15.7. The minimum absolute atomic E-state index is 0.650. The summed E-state index contributed by atoms with van der Waals surface area (Å²) in [6, 6.07) is 18.2. The van der Waals surface area contributed by atoms with Gasteiger partial charge in [0.25, 0.3) is 0 Å². The molecule has 0 bridgehead atoms. The van der Waals surface area contributed by atoms with E-state index in [4.69, 9.17) is 4.74 Å². The Balaban J connectivity index is 2.02. The van der Waals surface area contributed by atoms with Crippen molar-refractivity contribution in [3.63, 3.8) is 0 Å². The van der Waals surface area contributed by atoms with Crippen LogP contribution in [0.15, 0.2) is 53.4 Å². The van der Waals surface area contributed by atoms with Crippen molar-refractivity contribution >= 4 is 23.4 Å². The molecule has 0 heterocycles. The minimum Gasteiger partial charge on any atom is -0.492 e. The highest BCUT2D eigenvalue weighted by Crippen LogP contribution is 2.22. The van der Waals surface area contributed by atoms with Gasteiger partial charge in [0, 0.05) is 11.4 Å². The summed E-state index contributed by atoms with van der Waals surface area (Å²) < 4.78 is 5.81. The van der Waals surface area contributed by atoms with E-state index >= 15 is 0 Å².